The highest BCUT2D eigenvalue weighted by atomic mass is 19.4. The number of carbonyl (C=O) groups excluding carboxylic acids is 1. The molecule has 1 aromatic carbocycles. The van der Waals surface area contributed by atoms with E-state index in [1.807, 2.05) is 0 Å². The van der Waals surface area contributed by atoms with E-state index in [0.717, 1.165) is 25.0 Å². The highest BCUT2D eigenvalue weighted by Crippen LogP contribution is 2.30. The van der Waals surface area contributed by atoms with E-state index < -0.39 is 18.1 Å². The molecular formula is C12H12F3NO3. The van der Waals surface area contributed by atoms with Gasteiger partial charge in [0.15, 0.2) is 5.75 Å². The molecule has 19 heavy (non-hydrogen) atoms. The Bertz CT molecular complexity index is 484. The van der Waals surface area contributed by atoms with Gasteiger partial charge >= 0.3 is 12.3 Å². The predicted octanol–water partition coefficient (Wildman–Crippen LogP) is 2.73. The molecule has 0 unspecified atom stereocenters. The van der Waals surface area contributed by atoms with Crippen LogP contribution in [-0.4, -0.2) is 18.9 Å². The average molecular weight is 275 g/mol. The number of nitrogens with two attached hydrogens (primary N) is 1. The van der Waals surface area contributed by atoms with Crippen LogP contribution in [0.1, 0.15) is 23.2 Å². The third kappa shape index (κ3) is 4.04. The highest BCUT2D eigenvalue weighted by molar-refractivity contribution is 5.91. The topological polar surface area (TPSA) is 61.6 Å². The lowest BCUT2D eigenvalue weighted by molar-refractivity contribution is -0.274. The first-order valence-electron chi connectivity index (χ1n) is 5.67. The summed E-state index contributed by atoms with van der Waals surface area (Å²) in [6, 6.07) is 3.29. The van der Waals surface area contributed by atoms with Crippen LogP contribution in [0.5, 0.6) is 5.75 Å². The smallest absolute Gasteiger partial charge is 0.462 e. The molecule has 2 N–H and O–H groups in total. The molecule has 1 aliphatic carbocycles. The number of ether oxygens (including phenoxy) is 2. The minimum Gasteiger partial charge on any atom is -0.462 e. The van der Waals surface area contributed by atoms with Crippen LogP contribution >= 0.6 is 0 Å². The summed E-state index contributed by atoms with van der Waals surface area (Å²) in [5, 5.41) is 0. The van der Waals surface area contributed by atoms with Gasteiger partial charge in [-0.3, -0.25) is 0 Å². The normalized spacial score (nSPS) is 15.1. The van der Waals surface area contributed by atoms with Crippen molar-refractivity contribution in [3.8, 4) is 5.75 Å². The zero-order valence-electron chi connectivity index (χ0n) is 9.87. The van der Waals surface area contributed by atoms with E-state index in [1.54, 1.807) is 0 Å². The van der Waals surface area contributed by atoms with Crippen LogP contribution in [0.3, 0.4) is 0 Å². The fraction of sp³-hybridized carbons (Fsp3) is 0.417. The van der Waals surface area contributed by atoms with Gasteiger partial charge in [0, 0.05) is 0 Å². The Labute approximate surface area is 107 Å². The Morgan fingerprint density at radius 1 is 1.37 bits per heavy atom. The molecule has 0 aliphatic heterocycles. The van der Waals surface area contributed by atoms with Crippen LogP contribution in [0.25, 0.3) is 0 Å². The third-order valence-corrected chi connectivity index (χ3v) is 2.62. The maximum atomic E-state index is 12.0. The van der Waals surface area contributed by atoms with Gasteiger partial charge in [-0.1, -0.05) is 0 Å². The van der Waals surface area contributed by atoms with E-state index >= 15 is 0 Å². The second-order valence-corrected chi connectivity index (χ2v) is 4.34. The summed E-state index contributed by atoms with van der Waals surface area (Å²) < 4.78 is 44.8. The second kappa shape index (κ2) is 4.99. The number of hydrogen-bond donors (Lipinski definition) is 1. The molecule has 0 atom stereocenters. The van der Waals surface area contributed by atoms with Gasteiger partial charge in [0.1, 0.15) is 0 Å². The first-order valence-corrected chi connectivity index (χ1v) is 5.67. The molecule has 0 saturated heterocycles. The molecule has 1 aliphatic rings. The Morgan fingerprint density at radius 3 is 2.58 bits per heavy atom. The van der Waals surface area contributed by atoms with Gasteiger partial charge in [-0.15, -0.1) is 13.2 Å². The van der Waals surface area contributed by atoms with Crippen molar-refractivity contribution in [3.05, 3.63) is 23.8 Å². The second-order valence-electron chi connectivity index (χ2n) is 4.34. The summed E-state index contributed by atoms with van der Waals surface area (Å²) in [7, 11) is 0. The van der Waals surface area contributed by atoms with E-state index in [2.05, 4.69) is 4.74 Å². The number of benzene rings is 1. The molecule has 104 valence electrons. The van der Waals surface area contributed by atoms with E-state index in [0.29, 0.717) is 12.5 Å². The van der Waals surface area contributed by atoms with Crippen LogP contribution in [0.2, 0.25) is 0 Å². The summed E-state index contributed by atoms with van der Waals surface area (Å²) in [5.74, 6) is -0.725. The fourth-order valence-electron chi connectivity index (χ4n) is 1.45. The van der Waals surface area contributed by atoms with Crippen LogP contribution < -0.4 is 10.5 Å². The monoisotopic (exact) mass is 275 g/mol. The van der Waals surface area contributed by atoms with Gasteiger partial charge in [-0.05, 0) is 37.0 Å². The maximum Gasteiger partial charge on any atom is 0.573 e. The molecule has 0 amide bonds. The lowest BCUT2D eigenvalue weighted by Gasteiger charge is -2.11. The van der Waals surface area contributed by atoms with E-state index in [4.69, 9.17) is 10.5 Å². The van der Waals surface area contributed by atoms with Crippen molar-refractivity contribution in [2.24, 2.45) is 5.92 Å². The third-order valence-electron chi connectivity index (χ3n) is 2.62. The Balaban J connectivity index is 2.02. The molecule has 0 radical (unpaired) electrons. The molecule has 7 heteroatoms. The number of rotatable bonds is 4. The predicted molar refractivity (Wildman–Crippen MR) is 60.5 cm³/mol. The lowest BCUT2D eigenvalue weighted by atomic mass is 10.2. The number of esters is 1. The van der Waals surface area contributed by atoms with Gasteiger partial charge in [0.25, 0.3) is 0 Å². The Kier molecular flexibility index (Phi) is 3.55. The van der Waals surface area contributed by atoms with Crippen LogP contribution in [0.15, 0.2) is 18.2 Å². The first-order chi connectivity index (χ1) is 8.85. The number of alkyl halides is 3. The molecule has 0 bridgehead atoms. The summed E-state index contributed by atoms with van der Waals surface area (Å²) in [4.78, 5) is 11.6. The zero-order valence-corrected chi connectivity index (χ0v) is 9.87. The SMILES string of the molecule is Nc1cc(C(=O)OCC2CC2)ccc1OC(F)(F)F. The lowest BCUT2D eigenvalue weighted by Crippen LogP contribution is -2.18. The molecule has 2 rings (SSSR count). The van der Waals surface area contributed by atoms with Crippen molar-refractivity contribution in [2.45, 2.75) is 19.2 Å². The molecule has 4 nitrogen and oxygen atoms in total. The molecular weight excluding hydrogens is 263 g/mol. The van der Waals surface area contributed by atoms with Gasteiger partial charge in [-0.2, -0.15) is 0 Å². The van der Waals surface area contributed by atoms with Crippen molar-refractivity contribution in [1.29, 1.82) is 0 Å². The van der Waals surface area contributed by atoms with Crippen LogP contribution in [0, 0.1) is 5.92 Å². The minimum atomic E-state index is -4.82. The quantitative estimate of drug-likeness (QED) is 0.678. The maximum absolute atomic E-state index is 12.0. The first kappa shape index (κ1) is 13.5. The molecule has 0 heterocycles. The standard InChI is InChI=1S/C12H12F3NO3/c13-12(14,15)19-10-4-3-8(5-9(10)16)11(17)18-6-7-1-2-7/h3-5,7H,1-2,6,16H2. The summed E-state index contributed by atoms with van der Waals surface area (Å²) in [6.07, 6.45) is -2.75. The van der Waals surface area contributed by atoms with Crippen LogP contribution in [-0.2, 0) is 4.74 Å². The van der Waals surface area contributed by atoms with Crippen molar-refractivity contribution >= 4 is 11.7 Å². The minimum absolute atomic E-state index is 0.104. The van der Waals surface area contributed by atoms with Gasteiger partial charge < -0.3 is 15.2 Å². The average Bonchev–Trinajstić information content (AvgIpc) is 3.11. The fourth-order valence-corrected chi connectivity index (χ4v) is 1.45. The van der Waals surface area contributed by atoms with Crippen molar-refractivity contribution in [2.75, 3.05) is 12.3 Å². The van der Waals surface area contributed by atoms with Crippen molar-refractivity contribution < 1.29 is 27.4 Å². The Morgan fingerprint density at radius 2 is 2.05 bits per heavy atom. The zero-order chi connectivity index (χ0) is 14.0. The summed E-state index contributed by atoms with van der Waals surface area (Å²) in [6.45, 7) is 0.333. The molecule has 1 aromatic rings. The molecule has 0 spiro atoms. The summed E-state index contributed by atoms with van der Waals surface area (Å²) >= 11 is 0. The summed E-state index contributed by atoms with van der Waals surface area (Å²) in [5.41, 5.74) is 5.24. The number of nitrogen functional groups attached to an aromatic ring is 1. The largest absolute Gasteiger partial charge is 0.573 e. The number of hydrogen-bond acceptors (Lipinski definition) is 4. The highest BCUT2D eigenvalue weighted by Gasteiger charge is 2.32. The van der Waals surface area contributed by atoms with Crippen molar-refractivity contribution in [1.82, 2.24) is 0 Å². The van der Waals surface area contributed by atoms with Gasteiger partial charge in [0.2, 0.25) is 0 Å². The Hall–Kier alpha value is -1.92. The molecule has 1 saturated carbocycles. The number of halogens is 3. The van der Waals surface area contributed by atoms with Gasteiger partial charge in [0.05, 0.1) is 17.9 Å². The van der Waals surface area contributed by atoms with E-state index in [1.165, 1.54) is 6.07 Å². The van der Waals surface area contributed by atoms with Gasteiger partial charge in [-0.25, -0.2) is 4.79 Å². The number of anilines is 1. The molecule has 1 fully saturated rings. The van der Waals surface area contributed by atoms with E-state index in [-0.39, 0.29) is 11.3 Å². The van der Waals surface area contributed by atoms with Crippen LogP contribution in [0.4, 0.5) is 18.9 Å². The number of carbonyl (C=O) groups is 1. The van der Waals surface area contributed by atoms with Crippen molar-refractivity contribution in [3.63, 3.8) is 0 Å². The molecule has 0 aromatic heterocycles. The van der Waals surface area contributed by atoms with E-state index in [9.17, 15) is 18.0 Å².